The van der Waals surface area contributed by atoms with Crippen molar-refractivity contribution in [3.8, 4) is 0 Å². The molecule has 4 rings (SSSR count). The first-order valence-electron chi connectivity index (χ1n) is 8.09. The maximum absolute atomic E-state index is 12.9. The minimum Gasteiger partial charge on any atom is -0.370 e. The quantitative estimate of drug-likeness (QED) is 0.729. The molecule has 6 nitrogen and oxygen atoms in total. The lowest BCUT2D eigenvalue weighted by Gasteiger charge is -2.23. The van der Waals surface area contributed by atoms with Gasteiger partial charge in [0, 0.05) is 12.4 Å². The van der Waals surface area contributed by atoms with Crippen molar-refractivity contribution in [2.75, 3.05) is 32.8 Å². The highest BCUT2D eigenvalue weighted by atomic mass is 16.5. The van der Waals surface area contributed by atoms with Crippen LogP contribution in [0.5, 0.6) is 0 Å². The second-order valence-corrected chi connectivity index (χ2v) is 6.13. The van der Waals surface area contributed by atoms with E-state index in [2.05, 4.69) is 4.98 Å². The zero-order valence-corrected chi connectivity index (χ0v) is 13.3. The first-order valence-corrected chi connectivity index (χ1v) is 8.09. The molecule has 0 spiro atoms. The average Bonchev–Trinajstić information content (AvgIpc) is 2.89. The number of hydrogen-bond donors (Lipinski definition) is 1. The molecule has 1 aliphatic heterocycles. The number of morpholine rings is 1. The molecule has 0 saturated carbocycles. The number of rotatable bonds is 3. The van der Waals surface area contributed by atoms with Crippen LogP contribution < -0.4 is 10.5 Å². The van der Waals surface area contributed by atoms with Crippen molar-refractivity contribution in [1.82, 2.24) is 14.1 Å². The highest BCUT2D eigenvalue weighted by molar-refractivity contribution is 6.05. The zero-order valence-electron chi connectivity index (χ0n) is 13.3. The Bertz CT molecular complexity index is 906. The number of aromatic nitrogens is 3. The van der Waals surface area contributed by atoms with Gasteiger partial charge in [-0.2, -0.15) is 0 Å². The number of para-hydroxylation sites is 1. The number of ether oxygens (including phenoxy) is 1. The minimum absolute atomic E-state index is 0.0429. The van der Waals surface area contributed by atoms with Crippen LogP contribution in [0.15, 0.2) is 35.4 Å². The predicted octanol–water partition coefficient (Wildman–Crippen LogP) is -0.197. The molecular formula is C17H21N4O2+. The average molecular weight is 313 g/mol. The van der Waals surface area contributed by atoms with Gasteiger partial charge >= 0.3 is 0 Å². The standard InChI is InChI=1S/C17H20N4O2/c1-19-14-5-3-2-4-13(14)15-16(19)17(22)21(12-18-15)7-6-20-8-10-23-11-9-20/h2-5,12H,6-11H2,1H3/p+1. The Morgan fingerprint density at radius 1 is 1.26 bits per heavy atom. The molecule has 1 aromatic carbocycles. The Kier molecular flexibility index (Phi) is 3.63. The summed E-state index contributed by atoms with van der Waals surface area (Å²) in [7, 11) is 1.94. The molecule has 0 amide bonds. The minimum atomic E-state index is 0.0429. The number of aryl methyl sites for hydroxylation is 1. The molecule has 0 atom stereocenters. The molecule has 1 N–H and O–H groups in total. The third kappa shape index (κ3) is 2.44. The van der Waals surface area contributed by atoms with Crippen molar-refractivity contribution >= 4 is 21.9 Å². The number of hydrogen-bond acceptors (Lipinski definition) is 3. The second kappa shape index (κ2) is 5.79. The molecule has 1 aliphatic rings. The van der Waals surface area contributed by atoms with Crippen LogP contribution in [-0.4, -0.2) is 47.0 Å². The van der Waals surface area contributed by atoms with Crippen LogP contribution in [0, 0.1) is 0 Å². The van der Waals surface area contributed by atoms with Gasteiger partial charge in [-0.15, -0.1) is 0 Å². The number of nitrogens with zero attached hydrogens (tertiary/aromatic N) is 3. The van der Waals surface area contributed by atoms with Crippen LogP contribution in [0.3, 0.4) is 0 Å². The number of benzene rings is 1. The fraction of sp³-hybridized carbons (Fsp3) is 0.412. The first-order chi connectivity index (χ1) is 11.3. The molecule has 0 aliphatic carbocycles. The lowest BCUT2D eigenvalue weighted by atomic mass is 10.2. The molecule has 2 aromatic heterocycles. The maximum atomic E-state index is 12.9. The molecule has 6 heteroatoms. The molecule has 0 bridgehead atoms. The summed E-state index contributed by atoms with van der Waals surface area (Å²) in [4.78, 5) is 18.9. The monoisotopic (exact) mass is 313 g/mol. The molecule has 3 heterocycles. The third-order valence-corrected chi connectivity index (χ3v) is 4.78. The topological polar surface area (TPSA) is 53.5 Å². The van der Waals surface area contributed by atoms with Crippen LogP contribution in [0.4, 0.5) is 0 Å². The van der Waals surface area contributed by atoms with Gasteiger partial charge in [0.2, 0.25) is 0 Å². The van der Waals surface area contributed by atoms with Gasteiger partial charge < -0.3 is 14.2 Å². The van der Waals surface area contributed by atoms with Crippen molar-refractivity contribution in [2.45, 2.75) is 6.54 Å². The smallest absolute Gasteiger partial charge is 0.278 e. The van der Waals surface area contributed by atoms with E-state index < -0.39 is 0 Å². The molecule has 1 fully saturated rings. The summed E-state index contributed by atoms with van der Waals surface area (Å²) in [6.45, 7) is 5.27. The Balaban J connectivity index is 1.71. The Labute approximate surface area is 133 Å². The fourth-order valence-electron chi connectivity index (χ4n) is 3.41. The summed E-state index contributed by atoms with van der Waals surface area (Å²) >= 11 is 0. The van der Waals surface area contributed by atoms with Gasteiger partial charge in [0.05, 0.1) is 38.1 Å². The predicted molar refractivity (Wildman–Crippen MR) is 88.9 cm³/mol. The van der Waals surface area contributed by atoms with Gasteiger partial charge in [-0.3, -0.25) is 9.36 Å². The first kappa shape index (κ1) is 14.4. The summed E-state index contributed by atoms with van der Waals surface area (Å²) in [5, 5.41) is 1.04. The van der Waals surface area contributed by atoms with Crippen molar-refractivity contribution in [3.05, 3.63) is 40.9 Å². The van der Waals surface area contributed by atoms with Gasteiger partial charge in [0.15, 0.2) is 0 Å². The van der Waals surface area contributed by atoms with E-state index >= 15 is 0 Å². The fourth-order valence-corrected chi connectivity index (χ4v) is 3.41. The summed E-state index contributed by atoms with van der Waals surface area (Å²) in [5.41, 5.74) is 2.57. The van der Waals surface area contributed by atoms with Gasteiger partial charge in [0.25, 0.3) is 5.56 Å². The van der Waals surface area contributed by atoms with E-state index in [4.69, 9.17) is 4.74 Å². The summed E-state index contributed by atoms with van der Waals surface area (Å²) in [5.74, 6) is 0. The molecule has 0 unspecified atom stereocenters. The molecule has 120 valence electrons. The van der Waals surface area contributed by atoms with E-state index in [0.29, 0.717) is 12.1 Å². The highest BCUT2D eigenvalue weighted by Gasteiger charge is 2.16. The summed E-state index contributed by atoms with van der Waals surface area (Å²) < 4.78 is 9.07. The lowest BCUT2D eigenvalue weighted by molar-refractivity contribution is -0.908. The van der Waals surface area contributed by atoms with Crippen molar-refractivity contribution in [2.24, 2.45) is 7.05 Å². The summed E-state index contributed by atoms with van der Waals surface area (Å²) in [6.07, 6.45) is 1.69. The maximum Gasteiger partial charge on any atom is 0.278 e. The van der Waals surface area contributed by atoms with Crippen LogP contribution >= 0.6 is 0 Å². The largest absolute Gasteiger partial charge is 0.370 e. The van der Waals surface area contributed by atoms with E-state index in [-0.39, 0.29) is 5.56 Å². The molecule has 23 heavy (non-hydrogen) atoms. The SMILES string of the molecule is Cn1c2ccccc2c2ncn(CC[NH+]3CCOCC3)c(=O)c21. The molecule has 0 radical (unpaired) electrons. The van der Waals surface area contributed by atoms with Crippen LogP contribution in [0.25, 0.3) is 21.9 Å². The molecule has 1 saturated heterocycles. The molecular weight excluding hydrogens is 292 g/mol. The van der Waals surface area contributed by atoms with Crippen LogP contribution in [0.1, 0.15) is 0 Å². The lowest BCUT2D eigenvalue weighted by Crippen LogP contribution is -3.14. The number of nitrogens with one attached hydrogen (secondary N) is 1. The number of quaternary nitrogens is 1. The van der Waals surface area contributed by atoms with E-state index in [9.17, 15) is 4.79 Å². The van der Waals surface area contributed by atoms with Gasteiger partial charge in [0.1, 0.15) is 24.1 Å². The highest BCUT2D eigenvalue weighted by Crippen LogP contribution is 2.23. The van der Waals surface area contributed by atoms with Gasteiger partial charge in [-0.05, 0) is 6.07 Å². The number of fused-ring (bicyclic) bond motifs is 3. The van der Waals surface area contributed by atoms with Crippen LogP contribution in [-0.2, 0) is 18.3 Å². The Morgan fingerprint density at radius 3 is 2.87 bits per heavy atom. The van der Waals surface area contributed by atoms with Crippen molar-refractivity contribution < 1.29 is 9.64 Å². The Hall–Kier alpha value is -2.18. The van der Waals surface area contributed by atoms with Crippen molar-refractivity contribution in [1.29, 1.82) is 0 Å². The van der Waals surface area contributed by atoms with E-state index in [1.807, 2.05) is 35.9 Å². The van der Waals surface area contributed by atoms with Gasteiger partial charge in [-0.1, -0.05) is 18.2 Å². The summed E-state index contributed by atoms with van der Waals surface area (Å²) in [6, 6.07) is 8.02. The van der Waals surface area contributed by atoms with Crippen LogP contribution in [0.2, 0.25) is 0 Å². The van der Waals surface area contributed by atoms with E-state index in [1.165, 1.54) is 4.90 Å². The molecule has 3 aromatic rings. The zero-order chi connectivity index (χ0) is 15.8. The van der Waals surface area contributed by atoms with E-state index in [0.717, 1.165) is 49.3 Å². The second-order valence-electron chi connectivity index (χ2n) is 6.13. The third-order valence-electron chi connectivity index (χ3n) is 4.78. The van der Waals surface area contributed by atoms with Gasteiger partial charge in [-0.25, -0.2) is 4.98 Å². The Morgan fingerprint density at radius 2 is 2.04 bits per heavy atom. The van der Waals surface area contributed by atoms with E-state index in [1.54, 1.807) is 10.9 Å². The van der Waals surface area contributed by atoms with Crippen molar-refractivity contribution in [3.63, 3.8) is 0 Å². The normalized spacial score (nSPS) is 16.4.